The maximum absolute atomic E-state index is 12.6. The van der Waals surface area contributed by atoms with Gasteiger partial charge in [-0.15, -0.1) is 0 Å². The standard InChI is InChI=1S/C20H34N4O3/c1-5-11-27-18-12-16(7-8-17(18)23-19(25)6-2)20(26)21-9-10-24-13-22-14(3)15(24)4/h13,16-18H,5-12H2,1-4H3,(H,21,26)(H,23,25)/t16-,17-,18-/m0/s1. The molecule has 1 aliphatic rings. The normalized spacial score (nSPS) is 22.4. The van der Waals surface area contributed by atoms with E-state index in [-0.39, 0.29) is 29.9 Å². The van der Waals surface area contributed by atoms with E-state index < -0.39 is 0 Å². The third kappa shape index (κ3) is 6.06. The first-order valence-electron chi connectivity index (χ1n) is 10.1. The number of ether oxygens (including phenoxy) is 1. The summed E-state index contributed by atoms with van der Waals surface area (Å²) >= 11 is 0. The fourth-order valence-corrected chi connectivity index (χ4v) is 3.51. The Morgan fingerprint density at radius 3 is 2.70 bits per heavy atom. The van der Waals surface area contributed by atoms with Crippen molar-refractivity contribution >= 4 is 11.8 Å². The van der Waals surface area contributed by atoms with Gasteiger partial charge in [0.15, 0.2) is 0 Å². The number of carbonyl (C=O) groups excluding carboxylic acids is 2. The summed E-state index contributed by atoms with van der Waals surface area (Å²) in [6, 6.07) is 0.00428. The van der Waals surface area contributed by atoms with Crippen molar-refractivity contribution in [1.82, 2.24) is 20.2 Å². The molecule has 7 heteroatoms. The van der Waals surface area contributed by atoms with Crippen LogP contribution in [0.5, 0.6) is 0 Å². The Bertz CT molecular complexity index is 629. The molecule has 0 unspecified atom stereocenters. The Kier molecular flexibility index (Phi) is 8.28. The number of nitrogens with zero attached hydrogens (tertiary/aromatic N) is 2. The summed E-state index contributed by atoms with van der Waals surface area (Å²) in [6.45, 7) is 9.88. The zero-order valence-corrected chi connectivity index (χ0v) is 17.1. The summed E-state index contributed by atoms with van der Waals surface area (Å²) in [5.41, 5.74) is 2.15. The van der Waals surface area contributed by atoms with E-state index in [9.17, 15) is 9.59 Å². The molecular weight excluding hydrogens is 344 g/mol. The van der Waals surface area contributed by atoms with Gasteiger partial charge >= 0.3 is 0 Å². The summed E-state index contributed by atoms with van der Waals surface area (Å²) in [7, 11) is 0. The van der Waals surface area contributed by atoms with E-state index in [1.54, 1.807) is 0 Å². The maximum Gasteiger partial charge on any atom is 0.223 e. The Morgan fingerprint density at radius 1 is 1.30 bits per heavy atom. The van der Waals surface area contributed by atoms with E-state index in [4.69, 9.17) is 4.74 Å². The molecule has 0 aromatic carbocycles. The molecule has 1 aromatic rings. The van der Waals surface area contributed by atoms with E-state index in [0.717, 1.165) is 37.2 Å². The number of hydrogen-bond donors (Lipinski definition) is 2. The van der Waals surface area contributed by atoms with Crippen molar-refractivity contribution in [1.29, 1.82) is 0 Å². The monoisotopic (exact) mass is 378 g/mol. The smallest absolute Gasteiger partial charge is 0.223 e. The van der Waals surface area contributed by atoms with Crippen molar-refractivity contribution in [2.24, 2.45) is 5.92 Å². The average Bonchev–Trinajstić information content (AvgIpc) is 2.99. The van der Waals surface area contributed by atoms with Crippen LogP contribution in [0.15, 0.2) is 6.33 Å². The molecule has 152 valence electrons. The molecule has 0 aliphatic heterocycles. The van der Waals surface area contributed by atoms with E-state index in [1.165, 1.54) is 0 Å². The first-order valence-corrected chi connectivity index (χ1v) is 10.1. The van der Waals surface area contributed by atoms with Crippen molar-refractivity contribution < 1.29 is 14.3 Å². The molecule has 2 N–H and O–H groups in total. The first kappa shape index (κ1) is 21.4. The number of hydrogen-bond acceptors (Lipinski definition) is 4. The zero-order valence-electron chi connectivity index (χ0n) is 17.1. The lowest BCUT2D eigenvalue weighted by Gasteiger charge is -2.36. The quantitative estimate of drug-likeness (QED) is 0.689. The minimum absolute atomic E-state index is 0.00428. The van der Waals surface area contributed by atoms with Gasteiger partial charge in [-0.25, -0.2) is 4.98 Å². The molecule has 1 heterocycles. The summed E-state index contributed by atoms with van der Waals surface area (Å²) in [6.07, 6.45) is 5.31. The second-order valence-electron chi connectivity index (χ2n) is 7.35. The van der Waals surface area contributed by atoms with Crippen LogP contribution in [0, 0.1) is 19.8 Å². The Balaban J connectivity index is 1.85. The van der Waals surface area contributed by atoms with Crippen LogP contribution in [0.25, 0.3) is 0 Å². The van der Waals surface area contributed by atoms with Gasteiger partial charge in [0.05, 0.1) is 24.2 Å². The molecule has 27 heavy (non-hydrogen) atoms. The SMILES string of the molecule is CCCO[C@H]1C[C@@H](C(=O)NCCn2cnc(C)c2C)CC[C@@H]1NC(=O)CC. The minimum atomic E-state index is -0.0940. The second kappa shape index (κ2) is 10.4. The molecule has 1 saturated carbocycles. The highest BCUT2D eigenvalue weighted by atomic mass is 16.5. The maximum atomic E-state index is 12.6. The van der Waals surface area contributed by atoms with Gasteiger partial charge in [0.25, 0.3) is 0 Å². The third-order valence-electron chi connectivity index (χ3n) is 5.36. The number of nitrogens with one attached hydrogen (secondary N) is 2. The van der Waals surface area contributed by atoms with Gasteiger partial charge in [0.2, 0.25) is 11.8 Å². The van der Waals surface area contributed by atoms with Gasteiger partial charge < -0.3 is 19.9 Å². The summed E-state index contributed by atoms with van der Waals surface area (Å²) < 4.78 is 8.01. The van der Waals surface area contributed by atoms with Crippen molar-refractivity contribution in [3.8, 4) is 0 Å². The van der Waals surface area contributed by atoms with Crippen LogP contribution in [-0.4, -0.2) is 46.7 Å². The highest BCUT2D eigenvalue weighted by Crippen LogP contribution is 2.27. The number of amides is 2. The molecule has 1 aliphatic carbocycles. The van der Waals surface area contributed by atoms with Crippen LogP contribution in [0.3, 0.4) is 0 Å². The second-order valence-corrected chi connectivity index (χ2v) is 7.35. The molecule has 0 bridgehead atoms. The number of aromatic nitrogens is 2. The molecule has 1 fully saturated rings. The number of rotatable bonds is 9. The van der Waals surface area contributed by atoms with Crippen molar-refractivity contribution in [2.75, 3.05) is 13.2 Å². The fourth-order valence-electron chi connectivity index (χ4n) is 3.51. The molecule has 0 saturated heterocycles. The first-order chi connectivity index (χ1) is 13.0. The van der Waals surface area contributed by atoms with Gasteiger partial charge in [-0.1, -0.05) is 13.8 Å². The molecule has 0 spiro atoms. The zero-order chi connectivity index (χ0) is 19.8. The molecular formula is C20H34N4O3. The highest BCUT2D eigenvalue weighted by Gasteiger charge is 2.35. The average molecular weight is 379 g/mol. The summed E-state index contributed by atoms with van der Waals surface area (Å²) in [4.78, 5) is 28.7. The summed E-state index contributed by atoms with van der Waals surface area (Å²) in [5.74, 6) is 0.0566. The van der Waals surface area contributed by atoms with Crippen molar-refractivity contribution in [3.05, 3.63) is 17.7 Å². The molecule has 1 aromatic heterocycles. The lowest BCUT2D eigenvalue weighted by atomic mass is 9.83. The number of aryl methyl sites for hydroxylation is 1. The van der Waals surface area contributed by atoms with Crippen LogP contribution in [0.2, 0.25) is 0 Å². The number of imidazole rings is 1. The van der Waals surface area contributed by atoms with E-state index in [2.05, 4.69) is 27.1 Å². The Labute approximate surface area is 162 Å². The summed E-state index contributed by atoms with van der Waals surface area (Å²) in [5, 5.41) is 6.10. The molecule has 2 rings (SSSR count). The lowest BCUT2D eigenvalue weighted by molar-refractivity contribution is -0.129. The predicted molar refractivity (Wildman–Crippen MR) is 104 cm³/mol. The Hall–Kier alpha value is -1.89. The highest BCUT2D eigenvalue weighted by molar-refractivity contribution is 5.79. The van der Waals surface area contributed by atoms with Crippen LogP contribution in [-0.2, 0) is 20.9 Å². The molecule has 3 atom stereocenters. The van der Waals surface area contributed by atoms with Gasteiger partial charge in [-0.05, 0) is 39.5 Å². The van der Waals surface area contributed by atoms with Crippen molar-refractivity contribution in [3.63, 3.8) is 0 Å². The van der Waals surface area contributed by atoms with Crippen LogP contribution < -0.4 is 10.6 Å². The van der Waals surface area contributed by atoms with E-state index >= 15 is 0 Å². The van der Waals surface area contributed by atoms with Crippen LogP contribution in [0.1, 0.15) is 57.3 Å². The number of carbonyl (C=O) groups is 2. The minimum Gasteiger partial charge on any atom is -0.376 e. The van der Waals surface area contributed by atoms with Gasteiger partial charge in [-0.2, -0.15) is 0 Å². The van der Waals surface area contributed by atoms with Crippen molar-refractivity contribution in [2.45, 2.75) is 78.5 Å². The van der Waals surface area contributed by atoms with E-state index in [1.807, 2.05) is 27.1 Å². The van der Waals surface area contributed by atoms with Crippen LogP contribution in [0.4, 0.5) is 0 Å². The molecule has 7 nitrogen and oxygen atoms in total. The fraction of sp³-hybridized carbons (Fsp3) is 0.750. The largest absolute Gasteiger partial charge is 0.376 e. The topological polar surface area (TPSA) is 85.2 Å². The predicted octanol–water partition coefficient (Wildman–Crippen LogP) is 2.11. The Morgan fingerprint density at radius 2 is 2.07 bits per heavy atom. The van der Waals surface area contributed by atoms with Gasteiger partial charge in [0.1, 0.15) is 0 Å². The molecule has 0 radical (unpaired) electrons. The molecule has 2 amide bonds. The van der Waals surface area contributed by atoms with Crippen LogP contribution >= 0.6 is 0 Å². The van der Waals surface area contributed by atoms with Gasteiger partial charge in [-0.3, -0.25) is 9.59 Å². The van der Waals surface area contributed by atoms with Gasteiger partial charge in [0, 0.05) is 37.7 Å². The third-order valence-corrected chi connectivity index (χ3v) is 5.36. The lowest BCUT2D eigenvalue weighted by Crippen LogP contribution is -2.50. The van der Waals surface area contributed by atoms with E-state index in [0.29, 0.717) is 26.0 Å².